The first-order valence-corrected chi connectivity index (χ1v) is 6.20. The third-order valence-electron chi connectivity index (χ3n) is 2.98. The average molecular weight is 240 g/mol. The SMILES string of the molecule is Cc1cc(OCC2CC2)c(Cl)cc1CCN. The van der Waals surface area contributed by atoms with Crippen LogP contribution in [0, 0.1) is 12.8 Å². The van der Waals surface area contributed by atoms with Gasteiger partial charge >= 0.3 is 0 Å². The van der Waals surface area contributed by atoms with Crippen molar-refractivity contribution < 1.29 is 4.74 Å². The van der Waals surface area contributed by atoms with Gasteiger partial charge in [0.15, 0.2) is 0 Å². The number of hydrogen-bond acceptors (Lipinski definition) is 2. The summed E-state index contributed by atoms with van der Waals surface area (Å²) in [5.74, 6) is 1.56. The van der Waals surface area contributed by atoms with Crippen molar-refractivity contribution in [3.63, 3.8) is 0 Å². The maximum atomic E-state index is 6.18. The minimum absolute atomic E-state index is 0.652. The Labute approximate surface area is 102 Å². The summed E-state index contributed by atoms with van der Waals surface area (Å²) >= 11 is 6.18. The van der Waals surface area contributed by atoms with Crippen LogP contribution in [0.25, 0.3) is 0 Å². The van der Waals surface area contributed by atoms with Crippen LogP contribution in [0.4, 0.5) is 0 Å². The lowest BCUT2D eigenvalue weighted by atomic mass is 10.1. The Morgan fingerprint density at radius 3 is 2.81 bits per heavy atom. The second kappa shape index (κ2) is 5.07. The first-order valence-electron chi connectivity index (χ1n) is 5.82. The van der Waals surface area contributed by atoms with E-state index in [1.807, 2.05) is 12.1 Å². The molecule has 1 aromatic rings. The minimum Gasteiger partial charge on any atom is -0.492 e. The maximum Gasteiger partial charge on any atom is 0.138 e. The average Bonchev–Trinajstić information content (AvgIpc) is 3.05. The molecule has 0 amide bonds. The van der Waals surface area contributed by atoms with E-state index >= 15 is 0 Å². The molecule has 2 nitrogen and oxygen atoms in total. The number of hydrogen-bond donors (Lipinski definition) is 1. The minimum atomic E-state index is 0.652. The normalized spacial score (nSPS) is 15.2. The van der Waals surface area contributed by atoms with Crippen molar-refractivity contribution in [3.8, 4) is 5.75 Å². The van der Waals surface area contributed by atoms with E-state index in [1.54, 1.807) is 0 Å². The van der Waals surface area contributed by atoms with Gasteiger partial charge in [0.2, 0.25) is 0 Å². The van der Waals surface area contributed by atoms with E-state index < -0.39 is 0 Å². The molecule has 1 aliphatic carbocycles. The summed E-state index contributed by atoms with van der Waals surface area (Å²) in [4.78, 5) is 0. The van der Waals surface area contributed by atoms with E-state index in [9.17, 15) is 0 Å². The van der Waals surface area contributed by atoms with Gasteiger partial charge in [-0.1, -0.05) is 11.6 Å². The van der Waals surface area contributed by atoms with Crippen molar-refractivity contribution in [2.75, 3.05) is 13.2 Å². The Balaban J connectivity index is 2.08. The summed E-state index contributed by atoms with van der Waals surface area (Å²) in [6.45, 7) is 3.53. The van der Waals surface area contributed by atoms with Crippen LogP contribution in [0.15, 0.2) is 12.1 Å². The number of benzene rings is 1. The van der Waals surface area contributed by atoms with Crippen LogP contribution in [0.3, 0.4) is 0 Å². The zero-order chi connectivity index (χ0) is 11.5. The molecule has 0 saturated heterocycles. The van der Waals surface area contributed by atoms with Crippen LogP contribution >= 0.6 is 11.6 Å². The number of aryl methyl sites for hydroxylation is 1. The summed E-state index contributed by atoms with van der Waals surface area (Å²) in [5.41, 5.74) is 7.97. The van der Waals surface area contributed by atoms with Crippen molar-refractivity contribution in [1.82, 2.24) is 0 Å². The monoisotopic (exact) mass is 239 g/mol. The number of rotatable bonds is 5. The third-order valence-corrected chi connectivity index (χ3v) is 3.27. The van der Waals surface area contributed by atoms with Gasteiger partial charge in [-0.2, -0.15) is 0 Å². The highest BCUT2D eigenvalue weighted by molar-refractivity contribution is 6.32. The molecule has 88 valence electrons. The molecule has 2 N–H and O–H groups in total. The second-order valence-corrected chi connectivity index (χ2v) is 4.91. The largest absolute Gasteiger partial charge is 0.492 e. The van der Waals surface area contributed by atoms with Gasteiger partial charge < -0.3 is 10.5 Å². The summed E-state index contributed by atoms with van der Waals surface area (Å²) in [6, 6.07) is 4.00. The molecule has 0 spiro atoms. The fourth-order valence-electron chi connectivity index (χ4n) is 1.72. The molecule has 0 bridgehead atoms. The van der Waals surface area contributed by atoms with Crippen LogP contribution in [0.2, 0.25) is 5.02 Å². The van der Waals surface area contributed by atoms with E-state index in [0.29, 0.717) is 11.6 Å². The Morgan fingerprint density at radius 1 is 1.44 bits per heavy atom. The molecular formula is C13H18ClNO. The quantitative estimate of drug-likeness (QED) is 0.858. The van der Waals surface area contributed by atoms with E-state index in [1.165, 1.54) is 24.0 Å². The van der Waals surface area contributed by atoms with Crippen LogP contribution in [0.1, 0.15) is 24.0 Å². The van der Waals surface area contributed by atoms with Crippen molar-refractivity contribution >= 4 is 11.6 Å². The fourth-order valence-corrected chi connectivity index (χ4v) is 1.96. The number of nitrogens with two attached hydrogens (primary N) is 1. The fraction of sp³-hybridized carbons (Fsp3) is 0.538. The molecular weight excluding hydrogens is 222 g/mol. The molecule has 16 heavy (non-hydrogen) atoms. The van der Waals surface area contributed by atoms with Crippen LogP contribution in [-0.4, -0.2) is 13.2 Å². The van der Waals surface area contributed by atoms with E-state index in [4.69, 9.17) is 22.1 Å². The molecule has 1 aliphatic rings. The smallest absolute Gasteiger partial charge is 0.138 e. The van der Waals surface area contributed by atoms with Crippen molar-refractivity contribution in [3.05, 3.63) is 28.3 Å². The lowest BCUT2D eigenvalue weighted by Gasteiger charge is -2.11. The van der Waals surface area contributed by atoms with Gasteiger partial charge in [0.05, 0.1) is 11.6 Å². The van der Waals surface area contributed by atoms with Crippen LogP contribution < -0.4 is 10.5 Å². The zero-order valence-electron chi connectivity index (χ0n) is 9.63. The molecule has 0 aliphatic heterocycles. The van der Waals surface area contributed by atoms with Gasteiger partial charge in [0.1, 0.15) is 5.75 Å². The first kappa shape index (κ1) is 11.7. The molecule has 1 fully saturated rings. The second-order valence-electron chi connectivity index (χ2n) is 4.50. The molecule has 2 rings (SSSR count). The molecule has 0 radical (unpaired) electrons. The van der Waals surface area contributed by atoms with E-state index in [-0.39, 0.29) is 0 Å². The van der Waals surface area contributed by atoms with Gasteiger partial charge in [-0.3, -0.25) is 0 Å². The van der Waals surface area contributed by atoms with Crippen LogP contribution in [-0.2, 0) is 6.42 Å². The first-order chi connectivity index (χ1) is 7.70. The van der Waals surface area contributed by atoms with E-state index in [0.717, 1.165) is 24.7 Å². The summed E-state index contributed by atoms with van der Waals surface area (Å²) in [5, 5.41) is 0.703. The highest BCUT2D eigenvalue weighted by atomic mass is 35.5. The van der Waals surface area contributed by atoms with Gasteiger partial charge in [-0.25, -0.2) is 0 Å². The van der Waals surface area contributed by atoms with E-state index in [2.05, 4.69) is 6.92 Å². The third kappa shape index (κ3) is 2.89. The Kier molecular flexibility index (Phi) is 3.72. The highest BCUT2D eigenvalue weighted by Crippen LogP contribution is 2.33. The maximum absolute atomic E-state index is 6.18. The lowest BCUT2D eigenvalue weighted by molar-refractivity contribution is 0.299. The molecule has 0 heterocycles. The highest BCUT2D eigenvalue weighted by Gasteiger charge is 2.22. The van der Waals surface area contributed by atoms with Crippen molar-refractivity contribution in [1.29, 1.82) is 0 Å². The van der Waals surface area contributed by atoms with Gasteiger partial charge in [-0.05, 0) is 61.9 Å². The summed E-state index contributed by atoms with van der Waals surface area (Å²) < 4.78 is 5.71. The topological polar surface area (TPSA) is 35.2 Å². The van der Waals surface area contributed by atoms with Crippen molar-refractivity contribution in [2.45, 2.75) is 26.2 Å². The van der Waals surface area contributed by atoms with Gasteiger partial charge in [-0.15, -0.1) is 0 Å². The predicted molar refractivity (Wildman–Crippen MR) is 67.2 cm³/mol. The molecule has 1 aromatic carbocycles. The van der Waals surface area contributed by atoms with Gasteiger partial charge in [0.25, 0.3) is 0 Å². The van der Waals surface area contributed by atoms with Gasteiger partial charge in [0, 0.05) is 0 Å². The molecule has 0 atom stereocenters. The Hall–Kier alpha value is -0.730. The number of ether oxygens (including phenoxy) is 1. The standard InChI is InChI=1S/C13H18ClNO/c1-9-6-13(16-8-10-2-3-10)12(14)7-11(9)4-5-15/h6-7,10H,2-5,8,15H2,1H3. The van der Waals surface area contributed by atoms with Crippen molar-refractivity contribution in [2.24, 2.45) is 11.7 Å². The molecule has 0 unspecified atom stereocenters. The predicted octanol–water partition coefficient (Wildman–Crippen LogP) is 2.94. The molecule has 1 saturated carbocycles. The zero-order valence-corrected chi connectivity index (χ0v) is 10.4. The Morgan fingerprint density at radius 2 is 2.19 bits per heavy atom. The lowest BCUT2D eigenvalue weighted by Crippen LogP contribution is -2.05. The summed E-state index contributed by atoms with van der Waals surface area (Å²) in [6.07, 6.45) is 3.46. The molecule has 3 heteroatoms. The summed E-state index contributed by atoms with van der Waals surface area (Å²) in [7, 11) is 0. The van der Waals surface area contributed by atoms with Crippen LogP contribution in [0.5, 0.6) is 5.75 Å². The molecule has 0 aromatic heterocycles. The Bertz CT molecular complexity index is 374. The number of halogens is 1.